The van der Waals surface area contributed by atoms with Gasteiger partial charge >= 0.3 is 0 Å². The molecule has 176 valence electrons. The van der Waals surface area contributed by atoms with Crippen LogP contribution in [0.15, 0.2) is 107 Å². The van der Waals surface area contributed by atoms with Crippen molar-refractivity contribution in [3.8, 4) is 23.0 Å². The van der Waals surface area contributed by atoms with Crippen LogP contribution in [0.4, 0.5) is 0 Å². The van der Waals surface area contributed by atoms with E-state index in [1.165, 1.54) is 24.3 Å². The summed E-state index contributed by atoms with van der Waals surface area (Å²) in [5.74, 6) is -0.194. The standard InChI is InChI=1S/C29H26N2O4/c1-19(31-29(21-10-6-3-7-11-21)25-15-13-23(33)17-27(25)35)18-30-28(20-8-4-2-5-9-20)24-14-12-22(32)16-26(24)34/h2-17,19,32-35H,18H2,1H3. The molecule has 0 spiro atoms. The first kappa shape index (κ1) is 23.6. The first-order valence-corrected chi connectivity index (χ1v) is 11.2. The number of rotatable bonds is 7. The van der Waals surface area contributed by atoms with Gasteiger partial charge in [-0.05, 0) is 31.2 Å². The summed E-state index contributed by atoms with van der Waals surface area (Å²) < 4.78 is 0. The van der Waals surface area contributed by atoms with Gasteiger partial charge in [0.05, 0.1) is 24.0 Å². The van der Waals surface area contributed by atoms with E-state index in [0.717, 1.165) is 11.1 Å². The van der Waals surface area contributed by atoms with Gasteiger partial charge in [-0.3, -0.25) is 9.98 Å². The summed E-state index contributed by atoms with van der Waals surface area (Å²) in [5.41, 5.74) is 3.82. The highest BCUT2D eigenvalue weighted by Crippen LogP contribution is 2.27. The van der Waals surface area contributed by atoms with Crippen molar-refractivity contribution in [3.05, 3.63) is 119 Å². The molecule has 35 heavy (non-hydrogen) atoms. The van der Waals surface area contributed by atoms with Crippen molar-refractivity contribution in [3.63, 3.8) is 0 Å². The zero-order valence-corrected chi connectivity index (χ0v) is 19.2. The smallest absolute Gasteiger partial charge is 0.128 e. The Bertz CT molecular complexity index is 1370. The first-order chi connectivity index (χ1) is 16.9. The molecule has 0 fully saturated rings. The number of hydrogen-bond acceptors (Lipinski definition) is 6. The normalized spacial score (nSPS) is 12.9. The predicted octanol–water partition coefficient (Wildman–Crippen LogP) is 5.27. The average molecular weight is 467 g/mol. The van der Waals surface area contributed by atoms with Gasteiger partial charge in [-0.2, -0.15) is 0 Å². The molecule has 0 amide bonds. The van der Waals surface area contributed by atoms with Crippen LogP contribution in [-0.2, 0) is 0 Å². The summed E-state index contributed by atoms with van der Waals surface area (Å²) in [5, 5.41) is 40.4. The van der Waals surface area contributed by atoms with Crippen LogP contribution >= 0.6 is 0 Å². The zero-order chi connectivity index (χ0) is 24.8. The SMILES string of the molecule is CC(CN=C(c1ccccc1)c1ccc(O)cc1O)N=C(c1ccccc1)c1ccc(O)cc1O. The molecule has 6 heteroatoms. The van der Waals surface area contributed by atoms with Crippen LogP contribution in [0, 0.1) is 0 Å². The lowest BCUT2D eigenvalue weighted by Gasteiger charge is -2.14. The Labute approximate surface area is 203 Å². The number of phenolic OH excluding ortho intramolecular Hbond substituents is 4. The minimum absolute atomic E-state index is 0.0298. The summed E-state index contributed by atoms with van der Waals surface area (Å²) in [4.78, 5) is 9.67. The molecular weight excluding hydrogens is 440 g/mol. The van der Waals surface area contributed by atoms with Gasteiger partial charge < -0.3 is 20.4 Å². The number of aromatic hydroxyl groups is 4. The quantitative estimate of drug-likeness (QED) is 0.278. The molecule has 4 aromatic carbocycles. The summed E-state index contributed by atoms with van der Waals surface area (Å²) >= 11 is 0. The summed E-state index contributed by atoms with van der Waals surface area (Å²) in [7, 11) is 0. The van der Waals surface area contributed by atoms with Crippen molar-refractivity contribution in [2.75, 3.05) is 6.54 Å². The third-order valence-corrected chi connectivity index (χ3v) is 5.43. The van der Waals surface area contributed by atoms with Crippen LogP contribution in [0.2, 0.25) is 0 Å². The summed E-state index contributed by atoms with van der Waals surface area (Å²) in [6.45, 7) is 2.23. The maximum absolute atomic E-state index is 10.5. The third kappa shape index (κ3) is 5.68. The van der Waals surface area contributed by atoms with Crippen LogP contribution in [0.5, 0.6) is 23.0 Å². The van der Waals surface area contributed by atoms with Crippen LogP contribution in [-0.4, -0.2) is 44.4 Å². The van der Waals surface area contributed by atoms with Gasteiger partial charge in [-0.15, -0.1) is 0 Å². The molecule has 1 atom stereocenters. The van der Waals surface area contributed by atoms with E-state index in [9.17, 15) is 20.4 Å². The number of benzene rings is 4. The highest BCUT2D eigenvalue weighted by Gasteiger charge is 2.16. The average Bonchev–Trinajstić information content (AvgIpc) is 2.85. The molecule has 1 unspecified atom stereocenters. The van der Waals surface area contributed by atoms with E-state index in [-0.39, 0.29) is 29.0 Å². The van der Waals surface area contributed by atoms with E-state index in [1.54, 1.807) is 12.1 Å². The van der Waals surface area contributed by atoms with Gasteiger partial charge in [-0.25, -0.2) is 0 Å². The molecule has 0 bridgehead atoms. The Morgan fingerprint density at radius 1 is 0.629 bits per heavy atom. The van der Waals surface area contributed by atoms with Crippen molar-refractivity contribution in [1.29, 1.82) is 0 Å². The lowest BCUT2D eigenvalue weighted by atomic mass is 10.0. The molecule has 6 nitrogen and oxygen atoms in total. The highest BCUT2D eigenvalue weighted by atomic mass is 16.3. The fourth-order valence-corrected chi connectivity index (χ4v) is 3.75. The van der Waals surface area contributed by atoms with E-state index < -0.39 is 0 Å². The fraction of sp³-hybridized carbons (Fsp3) is 0.103. The molecule has 0 aliphatic heterocycles. The molecule has 4 rings (SSSR count). The van der Waals surface area contributed by atoms with E-state index in [0.29, 0.717) is 29.1 Å². The second-order valence-corrected chi connectivity index (χ2v) is 8.15. The lowest BCUT2D eigenvalue weighted by molar-refractivity contribution is 0.448. The molecule has 0 radical (unpaired) electrons. The molecule has 0 saturated carbocycles. The fourth-order valence-electron chi connectivity index (χ4n) is 3.75. The molecule has 0 aliphatic rings. The molecule has 0 aromatic heterocycles. The lowest BCUT2D eigenvalue weighted by Crippen LogP contribution is -2.14. The van der Waals surface area contributed by atoms with E-state index >= 15 is 0 Å². The van der Waals surface area contributed by atoms with Crippen LogP contribution < -0.4 is 0 Å². The zero-order valence-electron chi connectivity index (χ0n) is 19.2. The second kappa shape index (κ2) is 10.6. The minimum Gasteiger partial charge on any atom is -0.508 e. The number of nitrogens with zero attached hydrogens (tertiary/aromatic N) is 2. The molecule has 4 aromatic rings. The Morgan fingerprint density at radius 3 is 1.57 bits per heavy atom. The van der Waals surface area contributed by atoms with Crippen molar-refractivity contribution in [2.45, 2.75) is 13.0 Å². The Hall–Kier alpha value is -4.58. The molecule has 0 heterocycles. The Morgan fingerprint density at radius 2 is 1.09 bits per heavy atom. The van der Waals surface area contributed by atoms with Gasteiger partial charge in [0, 0.05) is 34.4 Å². The maximum atomic E-state index is 10.5. The number of hydrogen-bond donors (Lipinski definition) is 4. The topological polar surface area (TPSA) is 106 Å². The van der Waals surface area contributed by atoms with Crippen molar-refractivity contribution in [1.82, 2.24) is 0 Å². The number of aliphatic imine (C=N–C) groups is 2. The van der Waals surface area contributed by atoms with Gasteiger partial charge in [0.25, 0.3) is 0 Å². The highest BCUT2D eigenvalue weighted by molar-refractivity contribution is 6.15. The number of phenols is 4. The van der Waals surface area contributed by atoms with E-state index in [1.807, 2.05) is 67.6 Å². The Balaban J connectivity index is 1.73. The van der Waals surface area contributed by atoms with Gasteiger partial charge in [0.1, 0.15) is 23.0 Å². The van der Waals surface area contributed by atoms with Gasteiger partial charge in [0.2, 0.25) is 0 Å². The maximum Gasteiger partial charge on any atom is 0.128 e. The Kier molecular flexibility index (Phi) is 7.12. The van der Waals surface area contributed by atoms with E-state index in [2.05, 4.69) is 0 Å². The molecule has 0 aliphatic carbocycles. The third-order valence-electron chi connectivity index (χ3n) is 5.43. The minimum atomic E-state index is -0.281. The largest absolute Gasteiger partial charge is 0.508 e. The predicted molar refractivity (Wildman–Crippen MR) is 138 cm³/mol. The van der Waals surface area contributed by atoms with Crippen LogP contribution in [0.25, 0.3) is 0 Å². The van der Waals surface area contributed by atoms with Crippen LogP contribution in [0.3, 0.4) is 0 Å². The molecule has 0 saturated heterocycles. The molecule has 4 N–H and O–H groups in total. The van der Waals surface area contributed by atoms with Crippen molar-refractivity contribution < 1.29 is 20.4 Å². The van der Waals surface area contributed by atoms with E-state index in [4.69, 9.17) is 9.98 Å². The van der Waals surface area contributed by atoms with Crippen molar-refractivity contribution >= 4 is 11.4 Å². The first-order valence-electron chi connectivity index (χ1n) is 11.2. The monoisotopic (exact) mass is 466 g/mol. The van der Waals surface area contributed by atoms with Crippen molar-refractivity contribution in [2.24, 2.45) is 9.98 Å². The summed E-state index contributed by atoms with van der Waals surface area (Å²) in [6, 6.07) is 27.6. The van der Waals surface area contributed by atoms with Gasteiger partial charge in [-0.1, -0.05) is 60.7 Å². The van der Waals surface area contributed by atoms with Gasteiger partial charge in [0.15, 0.2) is 0 Å². The molecular formula is C29H26N2O4. The second-order valence-electron chi connectivity index (χ2n) is 8.15. The summed E-state index contributed by atoms with van der Waals surface area (Å²) in [6.07, 6.45) is 0. The van der Waals surface area contributed by atoms with Crippen LogP contribution in [0.1, 0.15) is 29.2 Å².